The van der Waals surface area contributed by atoms with E-state index in [2.05, 4.69) is 10.6 Å². The minimum atomic E-state index is -0.0845. The van der Waals surface area contributed by atoms with E-state index >= 15 is 0 Å². The Bertz CT molecular complexity index is 650. The Balaban J connectivity index is 1.19. The molecule has 1 atom stereocenters. The van der Waals surface area contributed by atoms with E-state index in [1.54, 1.807) is 0 Å². The van der Waals surface area contributed by atoms with E-state index in [-0.39, 0.29) is 23.3 Å². The van der Waals surface area contributed by atoms with Gasteiger partial charge in [-0.1, -0.05) is 30.3 Å². The molecule has 4 nitrogen and oxygen atoms in total. The molecule has 0 aliphatic heterocycles. The lowest BCUT2D eigenvalue weighted by atomic mass is 9.49. The van der Waals surface area contributed by atoms with Crippen molar-refractivity contribution >= 4 is 11.8 Å². The number of benzene rings is 1. The summed E-state index contributed by atoms with van der Waals surface area (Å²) in [6.45, 7) is 2.61. The summed E-state index contributed by atoms with van der Waals surface area (Å²) in [7, 11) is 0. The van der Waals surface area contributed by atoms with E-state index in [4.69, 9.17) is 0 Å². The summed E-state index contributed by atoms with van der Waals surface area (Å²) in [5, 5.41) is 6.20. The molecule has 4 bridgehead atoms. The van der Waals surface area contributed by atoms with Gasteiger partial charge < -0.3 is 10.6 Å². The lowest BCUT2D eigenvalue weighted by molar-refractivity contribution is -0.146. The molecule has 4 heteroatoms. The van der Waals surface area contributed by atoms with Crippen molar-refractivity contribution in [2.75, 3.05) is 6.54 Å². The molecule has 1 aromatic carbocycles. The summed E-state index contributed by atoms with van der Waals surface area (Å²) in [6.07, 6.45) is 8.51. The summed E-state index contributed by atoms with van der Waals surface area (Å²) in [5.41, 5.74) is 1.03. The lowest BCUT2D eigenvalue weighted by Crippen LogP contribution is -2.53. The van der Waals surface area contributed by atoms with E-state index in [1.165, 1.54) is 19.3 Å². The number of hydrogen-bond acceptors (Lipinski definition) is 2. The molecule has 1 aromatic rings. The SMILES string of the molecule is C[C@@H](NC(=O)CCCNC(=O)C12CC3CC(CC(C3)C1)C2)c1ccccc1. The number of nitrogens with one attached hydrogen (secondary N) is 2. The second-order valence-electron chi connectivity index (χ2n) is 9.26. The van der Waals surface area contributed by atoms with Crippen LogP contribution < -0.4 is 10.6 Å². The fourth-order valence-electron chi connectivity index (χ4n) is 6.17. The van der Waals surface area contributed by atoms with Crippen molar-refractivity contribution in [2.24, 2.45) is 23.2 Å². The number of rotatable bonds is 7. The number of carbonyl (C=O) groups excluding carboxylic acids is 2. The zero-order valence-corrected chi connectivity index (χ0v) is 16.4. The maximum absolute atomic E-state index is 12.9. The predicted octanol–water partition coefficient (Wildman–Crippen LogP) is 3.98. The zero-order chi connectivity index (χ0) is 18.9. The molecule has 0 aromatic heterocycles. The number of hydrogen-bond donors (Lipinski definition) is 2. The van der Waals surface area contributed by atoms with Gasteiger partial charge in [0.2, 0.25) is 11.8 Å². The summed E-state index contributed by atoms with van der Waals surface area (Å²) in [6, 6.07) is 10.0. The number of amides is 2. The lowest BCUT2D eigenvalue weighted by Gasteiger charge is -2.55. The Morgan fingerprint density at radius 3 is 2.22 bits per heavy atom. The molecular weight excluding hydrogens is 336 g/mol. The Labute approximate surface area is 162 Å². The minimum absolute atomic E-state index is 0.0142. The summed E-state index contributed by atoms with van der Waals surface area (Å²) in [4.78, 5) is 25.1. The molecule has 0 spiro atoms. The standard InChI is InChI=1S/C23H32N2O2/c1-16(20-6-3-2-4-7-20)25-21(26)8-5-9-24-22(27)23-13-17-10-18(14-23)12-19(11-17)15-23/h2-4,6-7,16-19H,5,8-15H2,1H3,(H,24,27)(H,25,26)/t16-,17?,18?,19?,23?/m1/s1. The second kappa shape index (κ2) is 7.65. The summed E-state index contributed by atoms with van der Waals surface area (Å²) in [5.74, 6) is 2.67. The van der Waals surface area contributed by atoms with Gasteiger partial charge in [-0.05, 0) is 75.2 Å². The van der Waals surface area contributed by atoms with Gasteiger partial charge >= 0.3 is 0 Å². The second-order valence-corrected chi connectivity index (χ2v) is 9.26. The highest BCUT2D eigenvalue weighted by Crippen LogP contribution is 2.60. The molecule has 27 heavy (non-hydrogen) atoms. The third-order valence-corrected chi connectivity index (χ3v) is 7.06. The molecule has 0 unspecified atom stereocenters. The normalized spacial score (nSPS) is 32.1. The maximum atomic E-state index is 12.9. The molecule has 4 fully saturated rings. The average molecular weight is 369 g/mol. The fraction of sp³-hybridized carbons (Fsp3) is 0.652. The molecule has 4 saturated carbocycles. The van der Waals surface area contributed by atoms with Crippen LogP contribution in [0.1, 0.15) is 69.9 Å². The predicted molar refractivity (Wildman–Crippen MR) is 106 cm³/mol. The van der Waals surface area contributed by atoms with Gasteiger partial charge in [-0.15, -0.1) is 0 Å². The molecule has 0 radical (unpaired) electrons. The van der Waals surface area contributed by atoms with E-state index in [0.29, 0.717) is 19.4 Å². The molecule has 0 saturated heterocycles. The van der Waals surface area contributed by atoms with Gasteiger partial charge in [0.1, 0.15) is 0 Å². The molecule has 4 aliphatic carbocycles. The van der Waals surface area contributed by atoms with Gasteiger partial charge in [-0.2, -0.15) is 0 Å². The molecule has 4 aliphatic rings. The first-order valence-corrected chi connectivity index (χ1v) is 10.7. The van der Waals surface area contributed by atoms with Gasteiger partial charge in [0, 0.05) is 18.4 Å². The third-order valence-electron chi connectivity index (χ3n) is 7.06. The van der Waals surface area contributed by atoms with Crippen molar-refractivity contribution in [1.82, 2.24) is 10.6 Å². The van der Waals surface area contributed by atoms with Crippen LogP contribution in [0, 0.1) is 23.2 Å². The van der Waals surface area contributed by atoms with Gasteiger partial charge in [0.05, 0.1) is 6.04 Å². The quantitative estimate of drug-likeness (QED) is 0.715. The maximum Gasteiger partial charge on any atom is 0.226 e. The molecule has 5 rings (SSSR count). The Hall–Kier alpha value is -1.84. The van der Waals surface area contributed by atoms with Crippen LogP contribution in [-0.2, 0) is 9.59 Å². The highest BCUT2D eigenvalue weighted by molar-refractivity contribution is 5.83. The van der Waals surface area contributed by atoms with Crippen LogP contribution in [0.3, 0.4) is 0 Å². The first kappa shape index (κ1) is 18.5. The number of carbonyl (C=O) groups is 2. The highest BCUT2D eigenvalue weighted by Gasteiger charge is 2.54. The Kier molecular flexibility index (Phi) is 5.25. The van der Waals surface area contributed by atoms with Crippen molar-refractivity contribution in [3.63, 3.8) is 0 Å². The van der Waals surface area contributed by atoms with Crippen LogP contribution in [0.2, 0.25) is 0 Å². The summed E-state index contributed by atoms with van der Waals surface area (Å²) < 4.78 is 0. The van der Waals surface area contributed by atoms with Crippen molar-refractivity contribution in [2.45, 2.75) is 64.3 Å². The first-order chi connectivity index (χ1) is 13.0. The van der Waals surface area contributed by atoms with Crippen LogP contribution >= 0.6 is 0 Å². The van der Waals surface area contributed by atoms with Crippen LogP contribution in [0.4, 0.5) is 0 Å². The van der Waals surface area contributed by atoms with Crippen molar-refractivity contribution in [3.05, 3.63) is 35.9 Å². The van der Waals surface area contributed by atoms with Crippen LogP contribution in [0.15, 0.2) is 30.3 Å². The first-order valence-electron chi connectivity index (χ1n) is 10.7. The molecule has 0 heterocycles. The van der Waals surface area contributed by atoms with Crippen LogP contribution in [-0.4, -0.2) is 18.4 Å². The van der Waals surface area contributed by atoms with Crippen LogP contribution in [0.25, 0.3) is 0 Å². The zero-order valence-electron chi connectivity index (χ0n) is 16.4. The smallest absolute Gasteiger partial charge is 0.226 e. The fourth-order valence-corrected chi connectivity index (χ4v) is 6.17. The van der Waals surface area contributed by atoms with Gasteiger partial charge in [-0.3, -0.25) is 9.59 Å². The van der Waals surface area contributed by atoms with E-state index in [0.717, 1.165) is 42.6 Å². The van der Waals surface area contributed by atoms with Crippen molar-refractivity contribution < 1.29 is 9.59 Å². The molecular formula is C23H32N2O2. The van der Waals surface area contributed by atoms with Gasteiger partial charge in [-0.25, -0.2) is 0 Å². The topological polar surface area (TPSA) is 58.2 Å². The summed E-state index contributed by atoms with van der Waals surface area (Å²) >= 11 is 0. The van der Waals surface area contributed by atoms with E-state index in [9.17, 15) is 9.59 Å². The van der Waals surface area contributed by atoms with Gasteiger partial charge in [0.15, 0.2) is 0 Å². The highest BCUT2D eigenvalue weighted by atomic mass is 16.2. The Morgan fingerprint density at radius 1 is 1.04 bits per heavy atom. The van der Waals surface area contributed by atoms with Crippen LogP contribution in [0.5, 0.6) is 0 Å². The van der Waals surface area contributed by atoms with E-state index < -0.39 is 0 Å². The Morgan fingerprint density at radius 2 is 1.63 bits per heavy atom. The monoisotopic (exact) mass is 368 g/mol. The average Bonchev–Trinajstić information content (AvgIpc) is 2.64. The van der Waals surface area contributed by atoms with Gasteiger partial charge in [0.25, 0.3) is 0 Å². The van der Waals surface area contributed by atoms with Crippen molar-refractivity contribution in [1.29, 1.82) is 0 Å². The van der Waals surface area contributed by atoms with E-state index in [1.807, 2.05) is 37.3 Å². The molecule has 146 valence electrons. The third kappa shape index (κ3) is 4.04. The molecule has 2 amide bonds. The molecule has 2 N–H and O–H groups in total. The van der Waals surface area contributed by atoms with Crippen molar-refractivity contribution in [3.8, 4) is 0 Å². The largest absolute Gasteiger partial charge is 0.356 e. The minimum Gasteiger partial charge on any atom is -0.356 e.